The fraction of sp³-hybridized carbons (Fsp3) is 0.143. The van der Waals surface area contributed by atoms with Crippen molar-refractivity contribution in [1.82, 2.24) is 4.98 Å². The molecule has 7 heteroatoms. The minimum Gasteiger partial charge on any atom is -0.396 e. The number of sulfonamides is 1. The first-order valence-electron chi connectivity index (χ1n) is 6.10. The van der Waals surface area contributed by atoms with Crippen molar-refractivity contribution >= 4 is 21.4 Å². The van der Waals surface area contributed by atoms with Crippen LogP contribution in [0.4, 0.5) is 11.4 Å². The van der Waals surface area contributed by atoms with E-state index in [9.17, 15) is 8.42 Å². The normalized spacial score (nSPS) is 10.9. The Balaban J connectivity index is 2.35. The standard InChI is InChI=1S/C14H14N4O2S/c1-18(14-6-7-17-9-13(14)16)21(19,20)10-12-5-3-2-4-11(12)8-15/h2-7,9H,10,16H2,1H3. The Kier molecular flexibility index (Phi) is 4.10. The number of rotatable bonds is 4. The Labute approximate surface area is 123 Å². The second kappa shape index (κ2) is 5.81. The highest BCUT2D eigenvalue weighted by atomic mass is 32.2. The molecule has 0 saturated carbocycles. The summed E-state index contributed by atoms with van der Waals surface area (Å²) in [7, 11) is -2.22. The smallest absolute Gasteiger partial charge is 0.239 e. The van der Waals surface area contributed by atoms with Gasteiger partial charge >= 0.3 is 0 Å². The zero-order chi connectivity index (χ0) is 15.5. The highest BCUT2D eigenvalue weighted by Crippen LogP contribution is 2.24. The summed E-state index contributed by atoms with van der Waals surface area (Å²) in [4.78, 5) is 3.83. The molecule has 0 radical (unpaired) electrons. The topological polar surface area (TPSA) is 100 Å². The molecule has 1 aromatic carbocycles. The SMILES string of the molecule is CN(c1ccncc1N)S(=O)(=O)Cc1ccccc1C#N. The number of nitrogens with zero attached hydrogens (tertiary/aromatic N) is 3. The van der Waals surface area contributed by atoms with Gasteiger partial charge in [0.15, 0.2) is 0 Å². The summed E-state index contributed by atoms with van der Waals surface area (Å²) in [5.74, 6) is -0.269. The van der Waals surface area contributed by atoms with Crippen molar-refractivity contribution in [1.29, 1.82) is 5.26 Å². The second-order valence-corrected chi connectivity index (χ2v) is 6.43. The van der Waals surface area contributed by atoms with Crippen molar-refractivity contribution in [2.75, 3.05) is 17.1 Å². The maximum Gasteiger partial charge on any atom is 0.239 e. The molecule has 0 spiro atoms. The molecule has 0 atom stereocenters. The lowest BCUT2D eigenvalue weighted by molar-refractivity contribution is 0.593. The molecule has 2 aromatic rings. The van der Waals surface area contributed by atoms with Crippen LogP contribution in [0.5, 0.6) is 0 Å². The number of pyridine rings is 1. The summed E-state index contributed by atoms with van der Waals surface area (Å²) in [5, 5.41) is 9.03. The Bertz CT molecular complexity index is 797. The molecule has 6 nitrogen and oxygen atoms in total. The predicted molar refractivity (Wildman–Crippen MR) is 80.8 cm³/mol. The molecule has 1 aromatic heterocycles. The number of anilines is 2. The van der Waals surface area contributed by atoms with E-state index in [0.29, 0.717) is 16.8 Å². The van der Waals surface area contributed by atoms with Crippen LogP contribution in [0.1, 0.15) is 11.1 Å². The highest BCUT2D eigenvalue weighted by Gasteiger charge is 2.22. The molecule has 0 aliphatic carbocycles. The zero-order valence-electron chi connectivity index (χ0n) is 11.4. The first kappa shape index (κ1) is 14.8. The van der Waals surface area contributed by atoms with Gasteiger partial charge in [0.1, 0.15) is 0 Å². The van der Waals surface area contributed by atoms with Crippen LogP contribution >= 0.6 is 0 Å². The van der Waals surface area contributed by atoms with Crippen LogP contribution in [0.2, 0.25) is 0 Å². The number of nitriles is 1. The average Bonchev–Trinajstić information content (AvgIpc) is 2.47. The van der Waals surface area contributed by atoms with E-state index in [1.54, 1.807) is 24.3 Å². The first-order chi connectivity index (χ1) is 9.95. The van der Waals surface area contributed by atoms with Gasteiger partial charge in [-0.1, -0.05) is 18.2 Å². The molecule has 0 amide bonds. The molecule has 108 valence electrons. The molecule has 0 saturated heterocycles. The van der Waals surface area contributed by atoms with Gasteiger partial charge in [0, 0.05) is 13.2 Å². The van der Waals surface area contributed by atoms with Crippen LogP contribution in [-0.4, -0.2) is 20.4 Å². The van der Waals surface area contributed by atoms with E-state index in [2.05, 4.69) is 4.98 Å². The van der Waals surface area contributed by atoms with Crippen molar-refractivity contribution in [2.24, 2.45) is 0 Å². The second-order valence-electron chi connectivity index (χ2n) is 4.43. The third-order valence-corrected chi connectivity index (χ3v) is 4.77. The molecule has 0 unspecified atom stereocenters. The molecule has 21 heavy (non-hydrogen) atoms. The van der Waals surface area contributed by atoms with Crippen LogP contribution in [-0.2, 0) is 15.8 Å². The Morgan fingerprint density at radius 2 is 2.05 bits per heavy atom. The van der Waals surface area contributed by atoms with Crippen molar-refractivity contribution in [2.45, 2.75) is 5.75 Å². The van der Waals surface area contributed by atoms with Crippen molar-refractivity contribution in [3.63, 3.8) is 0 Å². The van der Waals surface area contributed by atoms with E-state index in [1.165, 1.54) is 25.5 Å². The van der Waals surface area contributed by atoms with E-state index >= 15 is 0 Å². The van der Waals surface area contributed by atoms with E-state index in [1.807, 2.05) is 6.07 Å². The molecule has 0 fully saturated rings. The van der Waals surface area contributed by atoms with Crippen molar-refractivity contribution < 1.29 is 8.42 Å². The Hall–Kier alpha value is -2.59. The number of hydrogen-bond acceptors (Lipinski definition) is 5. The number of nitrogen functional groups attached to an aromatic ring is 1. The number of aromatic nitrogens is 1. The molecule has 0 aliphatic rings. The van der Waals surface area contributed by atoms with Crippen LogP contribution in [0.25, 0.3) is 0 Å². The van der Waals surface area contributed by atoms with Gasteiger partial charge in [-0.05, 0) is 17.7 Å². The van der Waals surface area contributed by atoms with E-state index in [0.717, 1.165) is 4.31 Å². The Morgan fingerprint density at radius 1 is 1.33 bits per heavy atom. The number of hydrogen-bond donors (Lipinski definition) is 1. The van der Waals surface area contributed by atoms with Gasteiger partial charge in [-0.3, -0.25) is 9.29 Å². The summed E-state index contributed by atoms with van der Waals surface area (Å²) in [6.07, 6.45) is 2.87. The minimum atomic E-state index is -3.65. The molecule has 1 heterocycles. The lowest BCUT2D eigenvalue weighted by atomic mass is 10.1. The molecule has 0 aliphatic heterocycles. The van der Waals surface area contributed by atoms with E-state index in [-0.39, 0.29) is 11.4 Å². The van der Waals surface area contributed by atoms with E-state index < -0.39 is 10.0 Å². The quantitative estimate of drug-likeness (QED) is 0.922. The lowest BCUT2D eigenvalue weighted by Gasteiger charge is -2.21. The minimum absolute atomic E-state index is 0.269. The van der Waals surface area contributed by atoms with Gasteiger partial charge < -0.3 is 5.73 Å². The Morgan fingerprint density at radius 3 is 2.71 bits per heavy atom. The highest BCUT2D eigenvalue weighted by molar-refractivity contribution is 7.92. The zero-order valence-corrected chi connectivity index (χ0v) is 12.2. The van der Waals surface area contributed by atoms with Crippen LogP contribution in [0, 0.1) is 11.3 Å². The lowest BCUT2D eigenvalue weighted by Crippen LogP contribution is -2.28. The van der Waals surface area contributed by atoms with Gasteiger partial charge in [0.25, 0.3) is 0 Å². The fourth-order valence-electron chi connectivity index (χ4n) is 1.88. The van der Waals surface area contributed by atoms with Gasteiger partial charge in [-0.25, -0.2) is 8.42 Å². The molecule has 0 bridgehead atoms. The third kappa shape index (κ3) is 3.12. The van der Waals surface area contributed by atoms with E-state index in [4.69, 9.17) is 11.0 Å². The molecule has 2 N–H and O–H groups in total. The predicted octanol–water partition coefficient (Wildman–Crippen LogP) is 1.50. The van der Waals surface area contributed by atoms with Gasteiger partial charge in [0.2, 0.25) is 10.0 Å². The number of nitrogens with two attached hydrogens (primary N) is 1. The van der Waals surface area contributed by atoms with Crippen LogP contribution in [0.15, 0.2) is 42.7 Å². The third-order valence-electron chi connectivity index (χ3n) is 3.06. The molecule has 2 rings (SSSR count). The summed E-state index contributed by atoms with van der Waals surface area (Å²) >= 11 is 0. The summed E-state index contributed by atoms with van der Waals surface area (Å²) < 4.78 is 26.0. The van der Waals surface area contributed by atoms with Gasteiger partial charge in [-0.2, -0.15) is 5.26 Å². The monoisotopic (exact) mass is 302 g/mol. The molecular weight excluding hydrogens is 288 g/mol. The van der Waals surface area contributed by atoms with Gasteiger partial charge in [0.05, 0.1) is 35.0 Å². The maximum atomic E-state index is 12.5. The fourth-order valence-corrected chi connectivity index (χ4v) is 3.19. The summed E-state index contributed by atoms with van der Waals surface area (Å²) in [5.41, 5.74) is 7.18. The molecular formula is C14H14N4O2S. The largest absolute Gasteiger partial charge is 0.396 e. The average molecular weight is 302 g/mol. The summed E-state index contributed by atoms with van der Waals surface area (Å²) in [6.45, 7) is 0. The van der Waals surface area contributed by atoms with Crippen LogP contribution in [0.3, 0.4) is 0 Å². The van der Waals surface area contributed by atoms with Crippen molar-refractivity contribution in [3.8, 4) is 6.07 Å². The van der Waals surface area contributed by atoms with Crippen molar-refractivity contribution in [3.05, 3.63) is 53.9 Å². The number of benzene rings is 1. The van der Waals surface area contributed by atoms with Crippen LogP contribution < -0.4 is 10.0 Å². The first-order valence-corrected chi connectivity index (χ1v) is 7.70. The summed E-state index contributed by atoms with van der Waals surface area (Å²) in [6, 6.07) is 10.1. The van der Waals surface area contributed by atoms with Gasteiger partial charge in [-0.15, -0.1) is 0 Å². The maximum absolute atomic E-state index is 12.5.